The van der Waals surface area contributed by atoms with Crippen molar-refractivity contribution in [1.82, 2.24) is 5.32 Å². The average Bonchev–Trinajstić information content (AvgIpc) is 3.38. The van der Waals surface area contributed by atoms with Gasteiger partial charge in [0.15, 0.2) is 5.11 Å². The topological polar surface area (TPSA) is 78.5 Å². The third-order valence-electron chi connectivity index (χ3n) is 4.52. The highest BCUT2D eigenvalue weighted by atomic mass is 32.2. The first kappa shape index (κ1) is 19.6. The molecule has 1 aliphatic heterocycles. The second-order valence-electron chi connectivity index (χ2n) is 6.37. The molecule has 0 radical (unpaired) electrons. The van der Waals surface area contributed by atoms with Crippen LogP contribution in [-0.2, 0) is 16.4 Å². The van der Waals surface area contributed by atoms with Gasteiger partial charge < -0.3 is 5.32 Å². The Morgan fingerprint density at radius 1 is 1.03 bits per heavy atom. The monoisotopic (exact) mass is 443 g/mol. The van der Waals surface area contributed by atoms with Crippen LogP contribution in [0.25, 0.3) is 0 Å². The SMILES string of the molecule is O=C(NC(=S)Nc1ccc(S(=O)(=O)N2CCc3ccccc32)cc1)c1cccs1. The van der Waals surface area contributed by atoms with Gasteiger partial charge >= 0.3 is 0 Å². The number of fused-ring (bicyclic) bond motifs is 1. The number of thiophene rings is 1. The van der Waals surface area contributed by atoms with Crippen LogP contribution < -0.4 is 14.9 Å². The highest BCUT2D eigenvalue weighted by molar-refractivity contribution is 7.92. The number of amides is 1. The van der Waals surface area contributed by atoms with Gasteiger partial charge in [-0.1, -0.05) is 24.3 Å². The predicted molar refractivity (Wildman–Crippen MR) is 119 cm³/mol. The lowest BCUT2D eigenvalue weighted by Crippen LogP contribution is -2.33. The van der Waals surface area contributed by atoms with Crippen LogP contribution in [0, 0.1) is 0 Å². The van der Waals surface area contributed by atoms with Crippen molar-refractivity contribution >= 4 is 56.0 Å². The van der Waals surface area contributed by atoms with Crippen LogP contribution >= 0.6 is 23.6 Å². The molecule has 0 fully saturated rings. The molecule has 3 aromatic rings. The number of rotatable bonds is 4. The van der Waals surface area contributed by atoms with Gasteiger partial charge in [0.25, 0.3) is 15.9 Å². The fourth-order valence-electron chi connectivity index (χ4n) is 3.13. The lowest BCUT2D eigenvalue weighted by atomic mass is 10.2. The maximum absolute atomic E-state index is 13.0. The molecule has 9 heteroatoms. The molecule has 2 aromatic carbocycles. The molecule has 1 aliphatic rings. The quantitative estimate of drug-likeness (QED) is 0.602. The van der Waals surface area contributed by atoms with E-state index in [1.165, 1.54) is 27.8 Å². The number of benzene rings is 2. The van der Waals surface area contributed by atoms with Gasteiger partial charge in [-0.25, -0.2) is 8.42 Å². The Balaban J connectivity index is 1.45. The van der Waals surface area contributed by atoms with E-state index in [1.54, 1.807) is 24.3 Å². The number of carbonyl (C=O) groups is 1. The Morgan fingerprint density at radius 2 is 1.79 bits per heavy atom. The van der Waals surface area contributed by atoms with E-state index in [-0.39, 0.29) is 15.9 Å². The lowest BCUT2D eigenvalue weighted by Gasteiger charge is -2.19. The molecule has 2 heterocycles. The summed E-state index contributed by atoms with van der Waals surface area (Å²) in [5, 5.41) is 7.45. The lowest BCUT2D eigenvalue weighted by molar-refractivity contribution is 0.0981. The molecular weight excluding hydrogens is 426 g/mol. The van der Waals surface area contributed by atoms with E-state index in [1.807, 2.05) is 29.6 Å². The Morgan fingerprint density at radius 3 is 2.52 bits per heavy atom. The highest BCUT2D eigenvalue weighted by Crippen LogP contribution is 2.32. The number of sulfonamides is 1. The smallest absolute Gasteiger partial charge is 0.267 e. The van der Waals surface area contributed by atoms with Crippen LogP contribution in [-0.4, -0.2) is 26.0 Å². The van der Waals surface area contributed by atoms with Crippen molar-refractivity contribution in [2.45, 2.75) is 11.3 Å². The largest absolute Gasteiger partial charge is 0.332 e. The Bertz CT molecular complexity index is 1160. The van der Waals surface area contributed by atoms with Crippen molar-refractivity contribution in [3.63, 3.8) is 0 Å². The van der Waals surface area contributed by atoms with Gasteiger partial charge in [-0.2, -0.15) is 0 Å². The number of nitrogens with one attached hydrogen (secondary N) is 2. The second kappa shape index (κ2) is 7.94. The minimum atomic E-state index is -3.64. The molecule has 1 aromatic heterocycles. The maximum Gasteiger partial charge on any atom is 0.267 e. The molecule has 1 amide bonds. The highest BCUT2D eigenvalue weighted by Gasteiger charge is 2.30. The summed E-state index contributed by atoms with van der Waals surface area (Å²) >= 11 is 6.48. The maximum atomic E-state index is 13.0. The third kappa shape index (κ3) is 4.02. The van der Waals surface area contributed by atoms with Crippen molar-refractivity contribution in [3.05, 3.63) is 76.5 Å². The zero-order valence-electron chi connectivity index (χ0n) is 15.2. The van der Waals surface area contributed by atoms with E-state index in [0.717, 1.165) is 11.3 Å². The van der Waals surface area contributed by atoms with Crippen LogP contribution in [0.3, 0.4) is 0 Å². The summed E-state index contributed by atoms with van der Waals surface area (Å²) < 4.78 is 27.5. The number of carbonyl (C=O) groups excluding carboxylic acids is 1. The van der Waals surface area contributed by atoms with Crippen molar-refractivity contribution in [1.29, 1.82) is 0 Å². The first-order chi connectivity index (χ1) is 13.9. The molecule has 0 spiro atoms. The molecule has 0 aliphatic carbocycles. The molecule has 0 atom stereocenters. The molecule has 0 saturated carbocycles. The number of nitrogens with zero attached hydrogens (tertiary/aromatic N) is 1. The summed E-state index contributed by atoms with van der Waals surface area (Å²) in [6.45, 7) is 0.431. The zero-order valence-corrected chi connectivity index (χ0v) is 17.6. The summed E-state index contributed by atoms with van der Waals surface area (Å²) in [5.74, 6) is -0.288. The van der Waals surface area contributed by atoms with Crippen LogP contribution in [0.15, 0.2) is 70.9 Å². The molecule has 0 unspecified atom stereocenters. The van der Waals surface area contributed by atoms with Crippen molar-refractivity contribution in [2.24, 2.45) is 0 Å². The second-order valence-corrected chi connectivity index (χ2v) is 9.58. The third-order valence-corrected chi connectivity index (χ3v) is 7.42. The summed E-state index contributed by atoms with van der Waals surface area (Å²) in [4.78, 5) is 12.8. The van der Waals surface area contributed by atoms with Gasteiger partial charge in [0.05, 0.1) is 15.5 Å². The molecule has 0 saturated heterocycles. The van der Waals surface area contributed by atoms with Crippen molar-refractivity contribution in [3.8, 4) is 0 Å². The number of hydrogen-bond donors (Lipinski definition) is 2. The van der Waals surface area contributed by atoms with Gasteiger partial charge in [-0.3, -0.25) is 14.4 Å². The standard InChI is InChI=1S/C20H17N3O3S3/c24-19(18-6-3-13-28-18)22-20(27)21-15-7-9-16(10-8-15)29(25,26)23-12-11-14-4-1-2-5-17(14)23/h1-10,13H,11-12H2,(H2,21,22,24,27). The average molecular weight is 444 g/mol. The minimum absolute atomic E-state index is 0.146. The zero-order chi connectivity index (χ0) is 20.4. The number of hydrogen-bond acceptors (Lipinski definition) is 5. The van der Waals surface area contributed by atoms with Gasteiger partial charge in [0.1, 0.15) is 0 Å². The summed E-state index contributed by atoms with van der Waals surface area (Å²) in [6.07, 6.45) is 0.702. The Kier molecular flexibility index (Phi) is 5.35. The fraction of sp³-hybridized carbons (Fsp3) is 0.100. The van der Waals surface area contributed by atoms with Crippen molar-refractivity contribution in [2.75, 3.05) is 16.2 Å². The molecule has 6 nitrogen and oxygen atoms in total. The minimum Gasteiger partial charge on any atom is -0.332 e. The normalized spacial score (nSPS) is 13.0. The van der Waals surface area contributed by atoms with E-state index in [9.17, 15) is 13.2 Å². The Hall–Kier alpha value is -2.75. The molecule has 0 bridgehead atoms. The van der Waals surface area contributed by atoms with Crippen LogP contribution in [0.4, 0.5) is 11.4 Å². The number of thiocarbonyl (C=S) groups is 1. The summed E-state index contributed by atoms with van der Waals surface area (Å²) in [6, 6.07) is 17.3. The molecular formula is C20H17N3O3S3. The fourth-order valence-corrected chi connectivity index (χ4v) is 5.46. The van der Waals surface area contributed by atoms with Crippen LogP contribution in [0.1, 0.15) is 15.2 Å². The van der Waals surface area contributed by atoms with E-state index in [0.29, 0.717) is 23.5 Å². The van der Waals surface area contributed by atoms with Gasteiger partial charge in [0, 0.05) is 12.2 Å². The van der Waals surface area contributed by atoms with Gasteiger partial charge in [-0.05, 0) is 66.0 Å². The predicted octanol–water partition coefficient (Wildman–Crippen LogP) is 3.63. The molecule has 29 heavy (non-hydrogen) atoms. The first-order valence-corrected chi connectivity index (χ1v) is 11.5. The number of anilines is 2. The van der Waals surface area contributed by atoms with E-state index >= 15 is 0 Å². The molecule has 2 N–H and O–H groups in total. The Labute approximate surface area is 178 Å². The molecule has 4 rings (SSSR count). The summed E-state index contributed by atoms with van der Waals surface area (Å²) in [5.41, 5.74) is 2.34. The van der Waals surface area contributed by atoms with Crippen LogP contribution in [0.5, 0.6) is 0 Å². The van der Waals surface area contributed by atoms with E-state index in [4.69, 9.17) is 12.2 Å². The number of para-hydroxylation sites is 1. The van der Waals surface area contributed by atoms with Crippen molar-refractivity contribution < 1.29 is 13.2 Å². The van der Waals surface area contributed by atoms with Crippen LogP contribution in [0.2, 0.25) is 0 Å². The summed E-state index contributed by atoms with van der Waals surface area (Å²) in [7, 11) is -3.64. The van der Waals surface area contributed by atoms with Gasteiger partial charge in [-0.15, -0.1) is 11.3 Å². The van der Waals surface area contributed by atoms with E-state index in [2.05, 4.69) is 10.6 Å². The van der Waals surface area contributed by atoms with Gasteiger partial charge in [0.2, 0.25) is 0 Å². The molecule has 148 valence electrons. The first-order valence-electron chi connectivity index (χ1n) is 8.82. The van der Waals surface area contributed by atoms with E-state index < -0.39 is 10.0 Å².